The van der Waals surface area contributed by atoms with Crippen LogP contribution in [-0.4, -0.2) is 26.3 Å². The molecule has 1 N–H and O–H groups in total. The van der Waals surface area contributed by atoms with Crippen molar-refractivity contribution >= 4 is 0 Å². The topological polar surface area (TPSA) is 21.3 Å². The Kier molecular flexibility index (Phi) is 4.39. The molecule has 1 aliphatic rings. The Morgan fingerprint density at radius 3 is 2.57 bits per heavy atom. The highest BCUT2D eigenvalue weighted by Gasteiger charge is 2.25. The minimum absolute atomic E-state index is 0.453. The number of ether oxygens (including phenoxy) is 1. The smallest absolute Gasteiger partial charge is 0.0509 e. The predicted octanol–water partition coefficient (Wildman–Crippen LogP) is 2.44. The summed E-state index contributed by atoms with van der Waals surface area (Å²) in [5.74, 6) is 0.738. The zero-order chi connectivity index (χ0) is 10.6. The minimum atomic E-state index is 0.453. The van der Waals surface area contributed by atoms with Crippen LogP contribution >= 0.6 is 0 Å². The summed E-state index contributed by atoms with van der Waals surface area (Å²) in [6, 6.07) is 0.650. The van der Waals surface area contributed by atoms with E-state index in [-0.39, 0.29) is 0 Å². The fourth-order valence-corrected chi connectivity index (χ4v) is 2.07. The molecule has 0 radical (unpaired) electrons. The van der Waals surface area contributed by atoms with Gasteiger partial charge in [0.2, 0.25) is 0 Å². The summed E-state index contributed by atoms with van der Waals surface area (Å²) in [6.45, 7) is 8.84. The average molecular weight is 199 g/mol. The maximum Gasteiger partial charge on any atom is 0.0509 e. The Balaban J connectivity index is 2.31. The second-order valence-electron chi connectivity index (χ2n) is 5.62. The van der Waals surface area contributed by atoms with Crippen LogP contribution in [-0.2, 0) is 4.74 Å². The molecular formula is C12H25NO. The molecule has 14 heavy (non-hydrogen) atoms. The van der Waals surface area contributed by atoms with Gasteiger partial charge in [-0.3, -0.25) is 0 Å². The molecule has 0 aromatic carbocycles. The van der Waals surface area contributed by atoms with Crippen molar-refractivity contribution in [2.45, 2.75) is 46.1 Å². The molecule has 1 aliphatic heterocycles. The van der Waals surface area contributed by atoms with E-state index in [9.17, 15) is 0 Å². The van der Waals surface area contributed by atoms with E-state index in [0.717, 1.165) is 19.1 Å². The van der Waals surface area contributed by atoms with Crippen molar-refractivity contribution in [1.29, 1.82) is 0 Å². The van der Waals surface area contributed by atoms with E-state index < -0.39 is 0 Å². The summed E-state index contributed by atoms with van der Waals surface area (Å²) in [4.78, 5) is 0. The van der Waals surface area contributed by atoms with E-state index in [1.54, 1.807) is 0 Å². The van der Waals surface area contributed by atoms with Crippen LogP contribution in [0.15, 0.2) is 0 Å². The van der Waals surface area contributed by atoms with Gasteiger partial charge in [-0.2, -0.15) is 0 Å². The van der Waals surface area contributed by atoms with Crippen molar-refractivity contribution in [1.82, 2.24) is 5.32 Å². The quantitative estimate of drug-likeness (QED) is 0.751. The molecule has 0 saturated carbocycles. The van der Waals surface area contributed by atoms with Crippen molar-refractivity contribution in [2.75, 3.05) is 20.3 Å². The zero-order valence-corrected chi connectivity index (χ0v) is 10.1. The van der Waals surface area contributed by atoms with Crippen molar-refractivity contribution in [3.05, 3.63) is 0 Å². The summed E-state index contributed by atoms with van der Waals surface area (Å²) in [6.07, 6.45) is 3.79. The molecule has 1 heterocycles. The lowest BCUT2D eigenvalue weighted by Crippen LogP contribution is -2.34. The highest BCUT2D eigenvalue weighted by Crippen LogP contribution is 2.26. The highest BCUT2D eigenvalue weighted by molar-refractivity contribution is 4.79. The van der Waals surface area contributed by atoms with Gasteiger partial charge in [-0.25, -0.2) is 0 Å². The molecule has 0 amide bonds. The summed E-state index contributed by atoms with van der Waals surface area (Å²) < 4.78 is 5.43. The SMILES string of the molecule is CNC(CCC(C)(C)C)C1CCOC1. The van der Waals surface area contributed by atoms with Gasteiger partial charge in [0.25, 0.3) is 0 Å². The molecule has 0 spiro atoms. The lowest BCUT2D eigenvalue weighted by molar-refractivity contribution is 0.173. The van der Waals surface area contributed by atoms with Gasteiger partial charge in [0, 0.05) is 12.6 Å². The normalized spacial score (nSPS) is 25.3. The molecule has 2 heteroatoms. The first kappa shape index (κ1) is 12.0. The zero-order valence-electron chi connectivity index (χ0n) is 10.1. The standard InChI is InChI=1S/C12H25NO/c1-12(2,3)7-5-11(13-4)10-6-8-14-9-10/h10-11,13H,5-9H2,1-4H3. The Bertz CT molecular complexity index is 156. The molecule has 0 aliphatic carbocycles. The van der Waals surface area contributed by atoms with E-state index in [0.29, 0.717) is 11.5 Å². The van der Waals surface area contributed by atoms with Gasteiger partial charge in [0.15, 0.2) is 0 Å². The molecule has 0 aromatic rings. The van der Waals surface area contributed by atoms with Crippen molar-refractivity contribution in [3.8, 4) is 0 Å². The van der Waals surface area contributed by atoms with E-state index in [2.05, 4.69) is 33.1 Å². The second kappa shape index (κ2) is 5.13. The third-order valence-electron chi connectivity index (χ3n) is 3.11. The molecular weight excluding hydrogens is 174 g/mol. The summed E-state index contributed by atoms with van der Waals surface area (Å²) >= 11 is 0. The van der Waals surface area contributed by atoms with Gasteiger partial charge in [0.05, 0.1) is 6.61 Å². The van der Waals surface area contributed by atoms with Crippen LogP contribution in [0.1, 0.15) is 40.0 Å². The molecule has 0 aromatic heterocycles. The molecule has 1 fully saturated rings. The molecule has 1 saturated heterocycles. The van der Waals surface area contributed by atoms with Gasteiger partial charge >= 0.3 is 0 Å². The van der Waals surface area contributed by atoms with Gasteiger partial charge in [-0.15, -0.1) is 0 Å². The Hall–Kier alpha value is -0.0800. The molecule has 0 bridgehead atoms. The van der Waals surface area contributed by atoms with Crippen LogP contribution in [0.5, 0.6) is 0 Å². The molecule has 2 unspecified atom stereocenters. The predicted molar refractivity (Wildman–Crippen MR) is 60.5 cm³/mol. The first-order chi connectivity index (χ1) is 6.53. The molecule has 84 valence electrons. The third-order valence-corrected chi connectivity index (χ3v) is 3.11. The van der Waals surface area contributed by atoms with E-state index >= 15 is 0 Å². The number of hydrogen-bond donors (Lipinski definition) is 1. The third kappa shape index (κ3) is 3.97. The van der Waals surface area contributed by atoms with Crippen LogP contribution < -0.4 is 5.32 Å². The molecule has 1 rings (SSSR count). The van der Waals surface area contributed by atoms with Crippen molar-refractivity contribution in [2.24, 2.45) is 11.3 Å². The minimum Gasteiger partial charge on any atom is -0.381 e. The van der Waals surface area contributed by atoms with Gasteiger partial charge in [-0.05, 0) is 37.6 Å². The first-order valence-corrected chi connectivity index (χ1v) is 5.78. The monoisotopic (exact) mass is 199 g/mol. The van der Waals surface area contributed by atoms with Crippen LogP contribution in [0.2, 0.25) is 0 Å². The number of nitrogens with one attached hydrogen (secondary N) is 1. The largest absolute Gasteiger partial charge is 0.381 e. The average Bonchev–Trinajstić information content (AvgIpc) is 2.56. The Morgan fingerprint density at radius 1 is 1.43 bits per heavy atom. The first-order valence-electron chi connectivity index (χ1n) is 5.78. The maximum atomic E-state index is 5.43. The van der Waals surface area contributed by atoms with Gasteiger partial charge in [0.1, 0.15) is 0 Å². The van der Waals surface area contributed by atoms with Crippen LogP contribution in [0, 0.1) is 11.3 Å². The van der Waals surface area contributed by atoms with E-state index in [1.165, 1.54) is 19.3 Å². The van der Waals surface area contributed by atoms with Crippen LogP contribution in [0.25, 0.3) is 0 Å². The van der Waals surface area contributed by atoms with Crippen LogP contribution in [0.3, 0.4) is 0 Å². The van der Waals surface area contributed by atoms with Crippen molar-refractivity contribution < 1.29 is 4.74 Å². The molecule has 2 nitrogen and oxygen atoms in total. The van der Waals surface area contributed by atoms with Gasteiger partial charge < -0.3 is 10.1 Å². The summed E-state index contributed by atoms with van der Waals surface area (Å²) in [7, 11) is 2.08. The fraction of sp³-hybridized carbons (Fsp3) is 1.00. The van der Waals surface area contributed by atoms with E-state index in [4.69, 9.17) is 4.74 Å². The number of rotatable bonds is 4. The fourth-order valence-electron chi connectivity index (χ4n) is 2.07. The lowest BCUT2D eigenvalue weighted by Gasteiger charge is -2.26. The van der Waals surface area contributed by atoms with Crippen molar-refractivity contribution in [3.63, 3.8) is 0 Å². The lowest BCUT2D eigenvalue weighted by atomic mass is 9.85. The maximum absolute atomic E-state index is 5.43. The van der Waals surface area contributed by atoms with E-state index in [1.807, 2.05) is 0 Å². The second-order valence-corrected chi connectivity index (χ2v) is 5.62. The Labute approximate surface area is 88.4 Å². The summed E-state index contributed by atoms with van der Waals surface area (Å²) in [5, 5.41) is 3.44. The van der Waals surface area contributed by atoms with Gasteiger partial charge in [-0.1, -0.05) is 20.8 Å². The van der Waals surface area contributed by atoms with Crippen LogP contribution in [0.4, 0.5) is 0 Å². The highest BCUT2D eigenvalue weighted by atomic mass is 16.5. The number of hydrogen-bond acceptors (Lipinski definition) is 2. The molecule has 2 atom stereocenters. The summed E-state index contributed by atoms with van der Waals surface area (Å²) in [5.41, 5.74) is 0.453. The Morgan fingerprint density at radius 2 is 2.14 bits per heavy atom.